The molecule has 1 heterocycles. The maximum absolute atomic E-state index is 12.3. The summed E-state index contributed by atoms with van der Waals surface area (Å²) in [5.74, 6) is -0.722. The van der Waals surface area contributed by atoms with E-state index in [1.807, 2.05) is 0 Å². The van der Waals surface area contributed by atoms with Gasteiger partial charge in [0, 0.05) is 0 Å². The summed E-state index contributed by atoms with van der Waals surface area (Å²) in [4.78, 5) is 12.8. The zero-order chi connectivity index (χ0) is 8.43. The number of nitrogens with zero attached hydrogens (tertiary/aromatic N) is 2. The summed E-state index contributed by atoms with van der Waals surface area (Å²) in [6.07, 6.45) is 0.900. The fourth-order valence-electron chi connectivity index (χ4n) is 0.540. The van der Waals surface area contributed by atoms with E-state index >= 15 is 0 Å². The summed E-state index contributed by atoms with van der Waals surface area (Å²) < 4.78 is 12.4. The van der Waals surface area contributed by atoms with Crippen molar-refractivity contribution in [3.63, 3.8) is 0 Å². The molecule has 0 fully saturated rings. The van der Waals surface area contributed by atoms with Crippen molar-refractivity contribution in [2.75, 3.05) is 0 Å². The minimum absolute atomic E-state index is 0.0314. The second-order valence-corrected chi connectivity index (χ2v) is 2.47. The van der Waals surface area contributed by atoms with Crippen molar-refractivity contribution in [3.05, 3.63) is 32.8 Å². The van der Waals surface area contributed by atoms with E-state index in [1.165, 1.54) is 0 Å². The molecule has 6 heteroatoms. The predicted octanol–water partition coefficient (Wildman–Crippen LogP) is 1.89. The molecule has 1 aromatic heterocycles. The van der Waals surface area contributed by atoms with Crippen LogP contribution in [0.4, 0.5) is 10.1 Å². The summed E-state index contributed by atoms with van der Waals surface area (Å²) in [7, 11) is 0. The molecule has 58 valence electrons. The molecule has 0 atom stereocenters. The normalized spacial score (nSPS) is 9.64. The fourth-order valence-corrected chi connectivity index (χ4v) is 0.902. The quantitative estimate of drug-likeness (QED) is 0.413. The molecule has 0 unspecified atom stereocenters. The van der Waals surface area contributed by atoms with Crippen LogP contribution in [-0.4, -0.2) is 9.91 Å². The first-order valence-electron chi connectivity index (χ1n) is 2.56. The lowest BCUT2D eigenvalue weighted by atomic mass is 10.4. The lowest BCUT2D eigenvalue weighted by Gasteiger charge is -1.92. The Bertz CT molecular complexity index is 305. The van der Waals surface area contributed by atoms with Crippen molar-refractivity contribution in [1.29, 1.82) is 0 Å². The molecule has 0 saturated carbocycles. The maximum Gasteiger partial charge on any atom is 0.304 e. The van der Waals surface area contributed by atoms with Gasteiger partial charge in [-0.1, -0.05) is 0 Å². The third-order valence-corrected chi connectivity index (χ3v) is 1.59. The lowest BCUT2D eigenvalue weighted by molar-refractivity contribution is -0.386. The first kappa shape index (κ1) is 8.06. The van der Waals surface area contributed by atoms with Gasteiger partial charge < -0.3 is 0 Å². The van der Waals surface area contributed by atoms with Crippen LogP contribution in [0.1, 0.15) is 0 Å². The Morgan fingerprint density at radius 2 is 2.36 bits per heavy atom. The number of hydrogen-bond acceptors (Lipinski definition) is 3. The van der Waals surface area contributed by atoms with E-state index in [1.54, 1.807) is 0 Å². The van der Waals surface area contributed by atoms with Gasteiger partial charge in [0.25, 0.3) is 0 Å². The van der Waals surface area contributed by atoms with Gasteiger partial charge in [-0.2, -0.15) is 0 Å². The zero-order valence-electron chi connectivity index (χ0n) is 5.12. The van der Waals surface area contributed by atoms with Crippen LogP contribution in [0.2, 0.25) is 0 Å². The van der Waals surface area contributed by atoms with Gasteiger partial charge in [-0.25, -0.2) is 9.37 Å². The molecule has 0 aromatic carbocycles. The number of aromatic nitrogens is 1. The number of pyridine rings is 1. The molecule has 11 heavy (non-hydrogen) atoms. The third-order valence-electron chi connectivity index (χ3n) is 0.984. The summed E-state index contributed by atoms with van der Waals surface area (Å²) in [6.45, 7) is 0. The largest absolute Gasteiger partial charge is 0.304 e. The molecule has 1 rings (SSSR count). The molecule has 0 aliphatic heterocycles. The van der Waals surface area contributed by atoms with Crippen molar-refractivity contribution in [2.24, 2.45) is 0 Å². The van der Waals surface area contributed by atoms with Crippen LogP contribution in [0.3, 0.4) is 0 Å². The Hall–Kier alpha value is -1.04. The van der Waals surface area contributed by atoms with Crippen LogP contribution >= 0.6 is 15.9 Å². The van der Waals surface area contributed by atoms with Gasteiger partial charge >= 0.3 is 5.69 Å². The summed E-state index contributed by atoms with van der Waals surface area (Å²) in [5, 5.41) is 10.1. The van der Waals surface area contributed by atoms with Crippen LogP contribution < -0.4 is 0 Å². The van der Waals surface area contributed by atoms with Gasteiger partial charge in [0.05, 0.1) is 17.2 Å². The molecular formula is C5H2BrFN2O2. The maximum atomic E-state index is 12.3. The monoisotopic (exact) mass is 220 g/mol. The van der Waals surface area contributed by atoms with Crippen LogP contribution in [0.25, 0.3) is 0 Å². The molecule has 0 saturated heterocycles. The van der Waals surface area contributed by atoms with E-state index in [9.17, 15) is 14.5 Å². The van der Waals surface area contributed by atoms with Gasteiger partial charge in [-0.15, -0.1) is 0 Å². The molecule has 1 aromatic rings. The first-order valence-corrected chi connectivity index (χ1v) is 3.36. The molecule has 0 N–H and O–H groups in total. The van der Waals surface area contributed by atoms with Crippen molar-refractivity contribution < 1.29 is 9.31 Å². The van der Waals surface area contributed by atoms with E-state index < -0.39 is 10.7 Å². The number of rotatable bonds is 1. The van der Waals surface area contributed by atoms with Crippen molar-refractivity contribution in [2.45, 2.75) is 0 Å². The van der Waals surface area contributed by atoms with E-state index in [0.717, 1.165) is 12.3 Å². The third kappa shape index (κ3) is 1.70. The highest BCUT2D eigenvalue weighted by Crippen LogP contribution is 2.21. The van der Waals surface area contributed by atoms with E-state index in [-0.39, 0.29) is 10.3 Å². The second kappa shape index (κ2) is 2.91. The van der Waals surface area contributed by atoms with Gasteiger partial charge in [-0.3, -0.25) is 10.1 Å². The molecule has 4 nitrogen and oxygen atoms in total. The van der Waals surface area contributed by atoms with E-state index in [2.05, 4.69) is 20.9 Å². The first-order chi connectivity index (χ1) is 5.11. The number of halogens is 2. The molecule has 0 spiro atoms. The van der Waals surface area contributed by atoms with Gasteiger partial charge in [0.1, 0.15) is 5.82 Å². The fraction of sp³-hybridized carbons (Fsp3) is 0. The number of nitro groups is 1. The summed E-state index contributed by atoms with van der Waals surface area (Å²) >= 11 is 2.81. The van der Waals surface area contributed by atoms with Crippen LogP contribution in [-0.2, 0) is 0 Å². The van der Waals surface area contributed by atoms with Crippen molar-refractivity contribution in [3.8, 4) is 0 Å². The Morgan fingerprint density at radius 3 is 2.82 bits per heavy atom. The van der Waals surface area contributed by atoms with Crippen molar-refractivity contribution >= 4 is 21.6 Å². The average Bonchev–Trinajstić information content (AvgIpc) is 1.94. The Labute approximate surface area is 69.3 Å². The SMILES string of the molecule is O=[N+]([O-])c1cc(F)cnc1Br. The van der Waals surface area contributed by atoms with Crippen molar-refractivity contribution in [1.82, 2.24) is 4.98 Å². The standard InChI is InChI=1S/C5H2BrFN2O2/c6-5-4(9(10)11)1-3(7)2-8-5/h1-2H. The van der Waals surface area contributed by atoms with Gasteiger partial charge in [0.2, 0.25) is 0 Å². The molecule has 0 bridgehead atoms. The smallest absolute Gasteiger partial charge is 0.258 e. The molecule has 0 amide bonds. The molecular weight excluding hydrogens is 219 g/mol. The molecule has 0 aliphatic rings. The number of hydrogen-bond donors (Lipinski definition) is 0. The summed E-state index contributed by atoms with van der Waals surface area (Å²) in [5.41, 5.74) is -0.370. The Balaban J connectivity index is 3.23. The molecule has 0 aliphatic carbocycles. The highest BCUT2D eigenvalue weighted by atomic mass is 79.9. The average molecular weight is 221 g/mol. The lowest BCUT2D eigenvalue weighted by Crippen LogP contribution is -1.92. The zero-order valence-corrected chi connectivity index (χ0v) is 6.71. The Morgan fingerprint density at radius 1 is 1.73 bits per heavy atom. The van der Waals surface area contributed by atoms with Gasteiger partial charge in [-0.05, 0) is 15.9 Å². The van der Waals surface area contributed by atoms with Crippen LogP contribution in [0.15, 0.2) is 16.9 Å². The Kier molecular flexibility index (Phi) is 2.13. The minimum atomic E-state index is -0.722. The predicted molar refractivity (Wildman–Crippen MR) is 38.5 cm³/mol. The van der Waals surface area contributed by atoms with Crippen LogP contribution in [0.5, 0.6) is 0 Å². The van der Waals surface area contributed by atoms with Gasteiger partial charge in [0.15, 0.2) is 4.60 Å². The van der Waals surface area contributed by atoms with E-state index in [4.69, 9.17) is 0 Å². The minimum Gasteiger partial charge on any atom is -0.258 e. The van der Waals surface area contributed by atoms with Crippen LogP contribution in [0, 0.1) is 15.9 Å². The second-order valence-electron chi connectivity index (χ2n) is 1.72. The summed E-state index contributed by atoms with van der Waals surface area (Å²) in [6, 6.07) is 0.803. The molecule has 0 radical (unpaired) electrons. The highest BCUT2D eigenvalue weighted by Gasteiger charge is 2.13. The van der Waals surface area contributed by atoms with E-state index in [0.29, 0.717) is 0 Å². The highest BCUT2D eigenvalue weighted by molar-refractivity contribution is 9.10. The topological polar surface area (TPSA) is 56.0 Å².